The van der Waals surface area contributed by atoms with Gasteiger partial charge in [-0.3, -0.25) is 9.59 Å². The van der Waals surface area contributed by atoms with Gasteiger partial charge in [-0.15, -0.1) is 0 Å². The number of likely N-dealkylation sites (tertiary alicyclic amines) is 1. The number of aliphatic hydroxyl groups is 1. The molecule has 2 aromatic rings. The molecular weight excluding hydrogens is 517 g/mol. The van der Waals surface area contributed by atoms with Gasteiger partial charge < -0.3 is 19.8 Å². The number of carbonyl (C=O) groups excluding carboxylic acids is 2. The van der Waals surface area contributed by atoms with Crippen LogP contribution in [0.3, 0.4) is 0 Å². The molecule has 0 saturated carbocycles. The number of piperidine rings is 1. The third-order valence-electron chi connectivity index (χ3n) is 8.90. The molecule has 1 N–H and O–H groups in total. The Labute approximate surface area is 245 Å². The van der Waals surface area contributed by atoms with Crippen LogP contribution in [0.25, 0.3) is 0 Å². The number of anilines is 1. The van der Waals surface area contributed by atoms with Gasteiger partial charge in [-0.1, -0.05) is 63.1 Å². The quantitative estimate of drug-likeness (QED) is 0.177. The second-order valence-electron chi connectivity index (χ2n) is 11.8. The van der Waals surface area contributed by atoms with Crippen LogP contribution in [0, 0.1) is 5.82 Å². The van der Waals surface area contributed by atoms with E-state index in [0.29, 0.717) is 25.3 Å². The smallest absolute Gasteiger partial charge is 0.250 e. The lowest BCUT2D eigenvalue weighted by atomic mass is 9.85. The number of halogens is 1. The van der Waals surface area contributed by atoms with Crippen LogP contribution >= 0.6 is 0 Å². The first-order valence-electron chi connectivity index (χ1n) is 15.8. The Kier molecular flexibility index (Phi) is 12.2. The Morgan fingerprint density at radius 3 is 2.02 bits per heavy atom. The zero-order chi connectivity index (χ0) is 28.9. The number of amides is 1. The van der Waals surface area contributed by atoms with E-state index in [0.717, 1.165) is 76.8 Å². The SMILES string of the molecule is O=C(CCCN1CCC2(CC1)C(=O)N(CCCCCCCCCCCO)CN2c1ccccc1)c1ccc(F)cc1. The van der Waals surface area contributed by atoms with Crippen LogP contribution in [0.1, 0.15) is 93.8 Å². The summed E-state index contributed by atoms with van der Waals surface area (Å²) in [6.45, 7) is 4.28. The van der Waals surface area contributed by atoms with Gasteiger partial charge in [-0.25, -0.2) is 4.39 Å². The number of nitrogens with zero attached hydrogens (tertiary/aromatic N) is 3. The molecule has 0 atom stereocenters. The maximum atomic E-state index is 13.9. The highest BCUT2D eigenvalue weighted by Gasteiger charge is 2.53. The van der Waals surface area contributed by atoms with Crippen molar-refractivity contribution >= 4 is 17.4 Å². The van der Waals surface area contributed by atoms with Gasteiger partial charge in [0.15, 0.2) is 5.78 Å². The molecule has 2 fully saturated rings. The molecule has 7 heteroatoms. The maximum Gasteiger partial charge on any atom is 0.250 e. The van der Waals surface area contributed by atoms with Crippen molar-refractivity contribution in [1.29, 1.82) is 0 Å². The molecule has 1 spiro atoms. The summed E-state index contributed by atoms with van der Waals surface area (Å²) >= 11 is 0. The van der Waals surface area contributed by atoms with Crippen LogP contribution in [0.2, 0.25) is 0 Å². The molecule has 41 heavy (non-hydrogen) atoms. The Balaban J connectivity index is 1.24. The molecule has 2 aromatic carbocycles. The fourth-order valence-electron chi connectivity index (χ4n) is 6.41. The molecule has 1 amide bonds. The van der Waals surface area contributed by atoms with Gasteiger partial charge in [0.25, 0.3) is 0 Å². The minimum Gasteiger partial charge on any atom is -0.396 e. The minimum atomic E-state index is -0.490. The fourth-order valence-corrected chi connectivity index (χ4v) is 6.41. The molecule has 6 nitrogen and oxygen atoms in total. The Morgan fingerprint density at radius 2 is 1.39 bits per heavy atom. The van der Waals surface area contributed by atoms with E-state index in [1.54, 1.807) is 12.1 Å². The molecule has 0 aromatic heterocycles. The normalized spacial score (nSPS) is 17.1. The first-order valence-corrected chi connectivity index (χ1v) is 15.8. The number of Topliss-reactive ketones (excluding diaryl/α,β-unsaturated/α-hetero) is 1. The third-order valence-corrected chi connectivity index (χ3v) is 8.90. The molecule has 2 aliphatic heterocycles. The van der Waals surface area contributed by atoms with Gasteiger partial charge in [0, 0.05) is 43.9 Å². The average Bonchev–Trinajstić information content (AvgIpc) is 3.26. The van der Waals surface area contributed by atoms with Crippen LogP contribution < -0.4 is 4.90 Å². The van der Waals surface area contributed by atoms with Gasteiger partial charge in [0.1, 0.15) is 11.4 Å². The summed E-state index contributed by atoms with van der Waals surface area (Å²) in [5.41, 5.74) is 1.19. The van der Waals surface area contributed by atoms with E-state index in [4.69, 9.17) is 5.11 Å². The minimum absolute atomic E-state index is 0.0494. The summed E-state index contributed by atoms with van der Waals surface area (Å²) in [7, 11) is 0. The lowest BCUT2D eigenvalue weighted by Crippen LogP contribution is -2.56. The molecule has 0 unspecified atom stereocenters. The largest absolute Gasteiger partial charge is 0.396 e. The molecule has 0 radical (unpaired) electrons. The zero-order valence-electron chi connectivity index (χ0n) is 24.6. The van der Waals surface area contributed by atoms with E-state index in [1.807, 2.05) is 18.2 Å². The first-order chi connectivity index (χ1) is 20.0. The van der Waals surface area contributed by atoms with Crippen molar-refractivity contribution in [2.45, 2.75) is 89.0 Å². The molecule has 4 rings (SSSR count). The van der Waals surface area contributed by atoms with Crippen molar-refractivity contribution in [3.8, 4) is 0 Å². The van der Waals surface area contributed by atoms with E-state index in [-0.39, 0.29) is 17.5 Å². The topological polar surface area (TPSA) is 64.1 Å². The van der Waals surface area contributed by atoms with E-state index in [1.165, 1.54) is 44.2 Å². The van der Waals surface area contributed by atoms with E-state index >= 15 is 0 Å². The second kappa shape index (κ2) is 16.0. The maximum absolute atomic E-state index is 13.9. The number of rotatable bonds is 17. The third kappa shape index (κ3) is 8.62. The number of para-hydroxylation sites is 1. The lowest BCUT2D eigenvalue weighted by molar-refractivity contribution is -0.133. The van der Waals surface area contributed by atoms with Gasteiger partial charge in [-0.2, -0.15) is 0 Å². The summed E-state index contributed by atoms with van der Waals surface area (Å²) in [6, 6.07) is 16.1. The standard InChI is InChI=1S/C34H48FN3O3/c35-30-19-17-29(18-20-30)32(40)16-13-23-36-25-21-34(22-26-36)33(41)37(28-38(34)31-14-9-8-10-15-31)24-11-6-4-2-1-3-5-7-12-27-39/h8-10,14-15,17-20,39H,1-7,11-13,16,21-28H2. The van der Waals surface area contributed by atoms with Crippen molar-refractivity contribution in [1.82, 2.24) is 9.80 Å². The molecule has 0 aliphatic carbocycles. The van der Waals surface area contributed by atoms with Crippen LogP contribution in [0.4, 0.5) is 10.1 Å². The highest BCUT2D eigenvalue weighted by atomic mass is 19.1. The van der Waals surface area contributed by atoms with E-state index < -0.39 is 5.54 Å². The van der Waals surface area contributed by atoms with Crippen molar-refractivity contribution in [3.63, 3.8) is 0 Å². The Morgan fingerprint density at radius 1 is 0.780 bits per heavy atom. The molecular formula is C34H48FN3O3. The summed E-state index contributed by atoms with van der Waals surface area (Å²) < 4.78 is 13.2. The number of carbonyl (C=O) groups is 2. The monoisotopic (exact) mass is 565 g/mol. The predicted molar refractivity (Wildman–Crippen MR) is 163 cm³/mol. The Bertz CT molecular complexity index is 1070. The summed E-state index contributed by atoms with van der Waals surface area (Å²) in [5.74, 6) is -0.00441. The number of hydrogen-bond acceptors (Lipinski definition) is 5. The summed E-state index contributed by atoms with van der Waals surface area (Å²) in [4.78, 5) is 33.2. The number of ketones is 1. The van der Waals surface area contributed by atoms with Crippen molar-refractivity contribution < 1.29 is 19.1 Å². The molecule has 0 bridgehead atoms. The van der Waals surface area contributed by atoms with Crippen molar-refractivity contribution in [2.24, 2.45) is 0 Å². The number of unbranched alkanes of at least 4 members (excludes halogenated alkanes) is 8. The highest BCUT2D eigenvalue weighted by molar-refractivity contribution is 5.96. The lowest BCUT2D eigenvalue weighted by Gasteiger charge is -2.43. The summed E-state index contributed by atoms with van der Waals surface area (Å²) in [6.07, 6.45) is 13.2. The molecule has 2 heterocycles. The second-order valence-corrected chi connectivity index (χ2v) is 11.8. The molecule has 2 saturated heterocycles. The van der Waals surface area contributed by atoms with Gasteiger partial charge >= 0.3 is 0 Å². The summed E-state index contributed by atoms with van der Waals surface area (Å²) in [5, 5.41) is 8.88. The average molecular weight is 566 g/mol. The van der Waals surface area contributed by atoms with Crippen molar-refractivity contribution in [3.05, 3.63) is 66.0 Å². The van der Waals surface area contributed by atoms with Crippen LogP contribution in [0.15, 0.2) is 54.6 Å². The molecule has 2 aliphatic rings. The van der Waals surface area contributed by atoms with Gasteiger partial charge in [-0.05, 0) is 75.0 Å². The van der Waals surface area contributed by atoms with Crippen molar-refractivity contribution in [2.75, 3.05) is 44.4 Å². The van der Waals surface area contributed by atoms with E-state index in [2.05, 4.69) is 26.8 Å². The van der Waals surface area contributed by atoms with Gasteiger partial charge in [0.05, 0.1) is 6.67 Å². The number of hydrogen-bond donors (Lipinski definition) is 1. The highest BCUT2D eigenvalue weighted by Crippen LogP contribution is 2.39. The zero-order valence-corrected chi connectivity index (χ0v) is 24.6. The van der Waals surface area contributed by atoms with Gasteiger partial charge in [0.2, 0.25) is 5.91 Å². The first kappa shape index (κ1) is 31.2. The Hall–Kier alpha value is -2.77. The number of benzene rings is 2. The fraction of sp³-hybridized carbons (Fsp3) is 0.588. The van der Waals surface area contributed by atoms with E-state index in [9.17, 15) is 14.0 Å². The van der Waals surface area contributed by atoms with Crippen LogP contribution in [-0.2, 0) is 4.79 Å². The predicted octanol–water partition coefficient (Wildman–Crippen LogP) is 6.43. The van der Waals surface area contributed by atoms with Crippen LogP contribution in [-0.4, -0.2) is 71.6 Å². The number of aliphatic hydroxyl groups excluding tert-OH is 1. The van der Waals surface area contributed by atoms with Crippen LogP contribution in [0.5, 0.6) is 0 Å². The molecule has 224 valence electrons.